The molecule has 26 heavy (non-hydrogen) atoms. The molecule has 0 N–H and O–H groups in total. The van der Waals surface area contributed by atoms with Gasteiger partial charge in [0.25, 0.3) is 0 Å². The van der Waals surface area contributed by atoms with Gasteiger partial charge in [-0.1, -0.05) is 0 Å². The van der Waals surface area contributed by atoms with Gasteiger partial charge in [0, 0.05) is 39.0 Å². The van der Waals surface area contributed by atoms with Crippen LogP contribution in [0.5, 0.6) is 0 Å². The number of thiophene rings is 4. The SMILES string of the molecule is Cc1cc(C)c(-c2cc(C)c(-c3cc(C)c(-c4cc(C)c(C)s4)s3)s2)s1. The van der Waals surface area contributed by atoms with Gasteiger partial charge in [0.1, 0.15) is 0 Å². The van der Waals surface area contributed by atoms with Crippen molar-refractivity contribution in [2.45, 2.75) is 41.5 Å². The van der Waals surface area contributed by atoms with E-state index < -0.39 is 0 Å². The molecule has 0 atom stereocenters. The first-order valence-electron chi connectivity index (χ1n) is 8.69. The van der Waals surface area contributed by atoms with Gasteiger partial charge in [-0.05, 0) is 88.1 Å². The first-order valence-corrected chi connectivity index (χ1v) is 12.0. The molecule has 4 heteroatoms. The molecule has 0 nitrogen and oxygen atoms in total. The zero-order chi connectivity index (χ0) is 18.6. The number of rotatable bonds is 3. The third kappa shape index (κ3) is 3.13. The van der Waals surface area contributed by atoms with Crippen LogP contribution < -0.4 is 0 Å². The van der Waals surface area contributed by atoms with E-state index in [1.807, 2.05) is 45.3 Å². The normalized spacial score (nSPS) is 11.5. The Morgan fingerprint density at radius 3 is 1.31 bits per heavy atom. The van der Waals surface area contributed by atoms with E-state index in [1.54, 1.807) is 0 Å². The number of hydrogen-bond acceptors (Lipinski definition) is 4. The first-order chi connectivity index (χ1) is 12.3. The van der Waals surface area contributed by atoms with Crippen LogP contribution in [0.3, 0.4) is 0 Å². The highest BCUT2D eigenvalue weighted by Gasteiger charge is 2.17. The van der Waals surface area contributed by atoms with Crippen molar-refractivity contribution in [1.29, 1.82) is 0 Å². The predicted octanol–water partition coefficient (Wildman–Crippen LogP) is 8.78. The minimum Gasteiger partial charge on any atom is -0.139 e. The molecule has 0 fully saturated rings. The lowest BCUT2D eigenvalue weighted by Crippen LogP contribution is -1.68. The average molecular weight is 415 g/mol. The summed E-state index contributed by atoms with van der Waals surface area (Å²) < 4.78 is 0. The van der Waals surface area contributed by atoms with Crippen molar-refractivity contribution in [3.63, 3.8) is 0 Å². The minimum absolute atomic E-state index is 1.39. The van der Waals surface area contributed by atoms with Gasteiger partial charge in [-0.25, -0.2) is 0 Å². The second kappa shape index (κ2) is 6.75. The van der Waals surface area contributed by atoms with Gasteiger partial charge < -0.3 is 0 Å². The molecule has 4 heterocycles. The highest BCUT2D eigenvalue weighted by atomic mass is 32.1. The summed E-state index contributed by atoms with van der Waals surface area (Å²) in [6.07, 6.45) is 0. The summed E-state index contributed by atoms with van der Waals surface area (Å²) in [6, 6.07) is 9.38. The molecule has 4 aromatic rings. The van der Waals surface area contributed by atoms with E-state index in [0.29, 0.717) is 0 Å². The van der Waals surface area contributed by atoms with Gasteiger partial charge in [-0.3, -0.25) is 0 Å². The van der Waals surface area contributed by atoms with Gasteiger partial charge in [-0.2, -0.15) is 0 Å². The number of hydrogen-bond donors (Lipinski definition) is 0. The molecular weight excluding hydrogens is 393 g/mol. The van der Waals surface area contributed by atoms with E-state index in [-0.39, 0.29) is 0 Å². The molecule has 134 valence electrons. The Kier molecular flexibility index (Phi) is 4.72. The fraction of sp³-hybridized carbons (Fsp3) is 0.273. The highest BCUT2D eigenvalue weighted by molar-refractivity contribution is 7.28. The monoisotopic (exact) mass is 414 g/mol. The Morgan fingerprint density at radius 1 is 0.462 bits per heavy atom. The standard InChI is InChI=1S/C22H22S4/c1-11-8-17(24-16(11)6)21-13(3)10-19(26-21)22-14(4)9-18(25-22)20-12(2)7-15(5)23-20/h7-10H,1-6H3. The van der Waals surface area contributed by atoms with Gasteiger partial charge in [0.05, 0.1) is 0 Å². The Hall–Kier alpha value is -1.20. The van der Waals surface area contributed by atoms with E-state index in [9.17, 15) is 0 Å². The summed E-state index contributed by atoms with van der Waals surface area (Å²) in [5.41, 5.74) is 5.58. The van der Waals surface area contributed by atoms with Gasteiger partial charge in [0.15, 0.2) is 0 Å². The van der Waals surface area contributed by atoms with E-state index in [0.717, 1.165) is 0 Å². The summed E-state index contributed by atoms with van der Waals surface area (Å²) in [6.45, 7) is 13.3. The minimum atomic E-state index is 1.39. The van der Waals surface area contributed by atoms with Crippen LogP contribution in [0.15, 0.2) is 24.3 Å². The first kappa shape index (κ1) is 18.2. The van der Waals surface area contributed by atoms with Gasteiger partial charge in [0.2, 0.25) is 0 Å². The Balaban J connectivity index is 1.77. The smallest absolute Gasteiger partial charge is 0.0479 e. The molecule has 4 aromatic heterocycles. The topological polar surface area (TPSA) is 0 Å². The van der Waals surface area contributed by atoms with Crippen molar-refractivity contribution in [3.8, 4) is 29.3 Å². The fourth-order valence-electron chi connectivity index (χ4n) is 3.25. The van der Waals surface area contributed by atoms with Gasteiger partial charge in [-0.15, -0.1) is 45.3 Å². The third-order valence-electron chi connectivity index (χ3n) is 4.71. The second-order valence-electron chi connectivity index (χ2n) is 6.96. The van der Waals surface area contributed by atoms with Crippen LogP contribution in [0.1, 0.15) is 32.0 Å². The maximum absolute atomic E-state index is 2.37. The molecule has 0 bridgehead atoms. The van der Waals surface area contributed by atoms with Crippen molar-refractivity contribution in [2.24, 2.45) is 0 Å². The predicted molar refractivity (Wildman–Crippen MR) is 123 cm³/mol. The summed E-state index contributed by atoms with van der Waals surface area (Å²) >= 11 is 7.71. The van der Waals surface area contributed by atoms with Crippen LogP contribution in [0.2, 0.25) is 0 Å². The van der Waals surface area contributed by atoms with Gasteiger partial charge >= 0.3 is 0 Å². The summed E-state index contributed by atoms with van der Waals surface area (Å²) in [5.74, 6) is 0. The van der Waals surface area contributed by atoms with E-state index in [2.05, 4.69) is 65.8 Å². The van der Waals surface area contributed by atoms with Crippen molar-refractivity contribution in [1.82, 2.24) is 0 Å². The zero-order valence-corrected chi connectivity index (χ0v) is 19.2. The van der Waals surface area contributed by atoms with E-state index in [1.165, 1.54) is 61.3 Å². The molecule has 0 amide bonds. The Bertz CT molecular complexity index is 1080. The van der Waals surface area contributed by atoms with Crippen LogP contribution in [0.25, 0.3) is 29.3 Å². The van der Waals surface area contributed by atoms with Crippen LogP contribution in [0.4, 0.5) is 0 Å². The molecule has 0 radical (unpaired) electrons. The van der Waals surface area contributed by atoms with Crippen LogP contribution in [-0.2, 0) is 0 Å². The maximum Gasteiger partial charge on any atom is 0.0479 e. The van der Waals surface area contributed by atoms with Crippen LogP contribution in [-0.4, -0.2) is 0 Å². The maximum atomic E-state index is 2.37. The van der Waals surface area contributed by atoms with Crippen molar-refractivity contribution in [2.75, 3.05) is 0 Å². The van der Waals surface area contributed by atoms with Crippen molar-refractivity contribution >= 4 is 45.3 Å². The van der Waals surface area contributed by atoms with E-state index >= 15 is 0 Å². The Labute approximate surface area is 171 Å². The molecular formula is C22H22S4. The highest BCUT2D eigenvalue weighted by Crippen LogP contribution is 2.47. The number of aryl methyl sites for hydroxylation is 6. The summed E-state index contributed by atoms with van der Waals surface area (Å²) in [4.78, 5) is 11.3. The molecule has 0 aliphatic carbocycles. The molecule has 0 saturated heterocycles. The molecule has 0 saturated carbocycles. The molecule has 4 rings (SSSR count). The zero-order valence-electron chi connectivity index (χ0n) is 15.9. The quantitative estimate of drug-likeness (QED) is 0.314. The van der Waals surface area contributed by atoms with Crippen LogP contribution in [0, 0.1) is 41.5 Å². The summed E-state index contributed by atoms with van der Waals surface area (Å²) in [7, 11) is 0. The third-order valence-corrected chi connectivity index (χ3v) is 10.0. The lowest BCUT2D eigenvalue weighted by Gasteiger charge is -1.95. The fourth-order valence-corrected chi connectivity index (χ4v) is 8.15. The average Bonchev–Trinajstić information content (AvgIpc) is 3.29. The van der Waals surface area contributed by atoms with Crippen LogP contribution >= 0.6 is 45.3 Å². The van der Waals surface area contributed by atoms with Crippen molar-refractivity contribution < 1.29 is 0 Å². The molecule has 0 aromatic carbocycles. The lowest BCUT2D eigenvalue weighted by molar-refractivity contribution is 1.44. The Morgan fingerprint density at radius 2 is 0.885 bits per heavy atom. The summed E-state index contributed by atoms with van der Waals surface area (Å²) in [5, 5.41) is 0. The molecule has 0 aliphatic rings. The lowest BCUT2D eigenvalue weighted by atomic mass is 10.2. The molecule has 0 spiro atoms. The largest absolute Gasteiger partial charge is 0.139 e. The molecule has 0 aliphatic heterocycles. The molecule has 0 unspecified atom stereocenters. The van der Waals surface area contributed by atoms with Crippen molar-refractivity contribution in [3.05, 3.63) is 56.3 Å². The second-order valence-corrected chi connectivity index (χ2v) is 11.6. The van der Waals surface area contributed by atoms with E-state index in [4.69, 9.17) is 0 Å².